The number of anilines is 1. The molecule has 1 amide bonds. The number of benzene rings is 3. The topological polar surface area (TPSA) is 81.2 Å². The van der Waals surface area contributed by atoms with Crippen molar-refractivity contribution in [2.24, 2.45) is 0 Å². The second kappa shape index (κ2) is 7.29. The Morgan fingerprint density at radius 2 is 1.77 bits per heavy atom. The van der Waals surface area contributed by atoms with Crippen LogP contribution >= 0.6 is 0 Å². The van der Waals surface area contributed by atoms with Crippen molar-refractivity contribution in [3.63, 3.8) is 0 Å². The Morgan fingerprint density at radius 3 is 2.60 bits per heavy atom. The minimum atomic E-state index is -0.405. The normalized spacial score (nSPS) is 11.0. The molecule has 5 rings (SSSR count). The zero-order valence-corrected chi connectivity index (χ0v) is 15.5. The van der Waals surface area contributed by atoms with Crippen molar-refractivity contribution in [1.29, 1.82) is 0 Å². The molecule has 7 heteroatoms. The Bertz CT molecular complexity index is 1360. The van der Waals surface area contributed by atoms with E-state index in [-0.39, 0.29) is 17.7 Å². The third kappa shape index (κ3) is 3.22. The van der Waals surface area contributed by atoms with E-state index in [1.807, 2.05) is 18.2 Å². The average Bonchev–Trinajstić information content (AvgIpc) is 3.46. The van der Waals surface area contributed by atoms with Gasteiger partial charge in [-0.25, -0.2) is 4.39 Å². The van der Waals surface area contributed by atoms with Crippen molar-refractivity contribution in [2.75, 3.05) is 5.32 Å². The van der Waals surface area contributed by atoms with E-state index in [2.05, 4.69) is 15.5 Å². The van der Waals surface area contributed by atoms with Crippen LogP contribution in [0.2, 0.25) is 0 Å². The lowest BCUT2D eigenvalue weighted by Crippen LogP contribution is -2.12. The fourth-order valence-electron chi connectivity index (χ4n) is 3.28. The number of aromatic nitrogens is 2. The van der Waals surface area contributed by atoms with Crippen LogP contribution in [-0.2, 0) is 0 Å². The van der Waals surface area contributed by atoms with Crippen molar-refractivity contribution >= 4 is 22.7 Å². The van der Waals surface area contributed by atoms with Crippen LogP contribution in [0.25, 0.3) is 33.6 Å². The molecule has 146 valence electrons. The molecule has 5 aromatic rings. The maximum atomic E-state index is 14.1. The molecule has 6 nitrogen and oxygen atoms in total. The Balaban J connectivity index is 1.44. The second-order valence-corrected chi connectivity index (χ2v) is 6.57. The van der Waals surface area contributed by atoms with Gasteiger partial charge < -0.3 is 8.83 Å². The van der Waals surface area contributed by atoms with Crippen LogP contribution in [0.5, 0.6) is 0 Å². The van der Waals surface area contributed by atoms with E-state index < -0.39 is 5.91 Å². The lowest BCUT2D eigenvalue weighted by atomic mass is 9.96. The Morgan fingerprint density at radius 1 is 0.900 bits per heavy atom. The Labute approximate surface area is 170 Å². The summed E-state index contributed by atoms with van der Waals surface area (Å²) < 4.78 is 24.8. The summed E-state index contributed by atoms with van der Waals surface area (Å²) in [4.78, 5) is 12.7. The molecule has 2 heterocycles. The van der Waals surface area contributed by atoms with Crippen LogP contribution in [0.3, 0.4) is 0 Å². The minimum absolute atomic E-state index is 0.0379. The molecule has 0 saturated heterocycles. The highest BCUT2D eigenvalue weighted by Crippen LogP contribution is 2.31. The third-order valence-electron chi connectivity index (χ3n) is 4.68. The van der Waals surface area contributed by atoms with Crippen LogP contribution < -0.4 is 5.32 Å². The van der Waals surface area contributed by atoms with Gasteiger partial charge in [0.2, 0.25) is 0 Å². The standard InChI is InChI=1S/C23H14FN3O3/c24-19-11-10-16(17-7-1-2-8-18(17)19)14-5-3-6-15(13-14)21(28)25-23-27-26-22(30-23)20-9-4-12-29-20/h1-13H,(H,25,27,28). The van der Waals surface area contributed by atoms with E-state index in [9.17, 15) is 9.18 Å². The molecule has 0 saturated carbocycles. The number of hydrogen-bond donors (Lipinski definition) is 1. The average molecular weight is 399 g/mol. The molecule has 2 aromatic heterocycles. The van der Waals surface area contributed by atoms with Crippen LogP contribution in [0, 0.1) is 5.82 Å². The molecule has 0 aliphatic carbocycles. The Kier molecular flexibility index (Phi) is 4.33. The molecule has 0 radical (unpaired) electrons. The number of nitrogens with one attached hydrogen (secondary N) is 1. The van der Waals surface area contributed by atoms with E-state index in [0.29, 0.717) is 16.7 Å². The smallest absolute Gasteiger partial charge is 0.322 e. The summed E-state index contributed by atoms with van der Waals surface area (Å²) in [6, 6.07) is 20.8. The second-order valence-electron chi connectivity index (χ2n) is 6.57. The number of carbonyl (C=O) groups is 1. The van der Waals surface area contributed by atoms with E-state index in [1.54, 1.807) is 48.5 Å². The van der Waals surface area contributed by atoms with Crippen LogP contribution in [0.4, 0.5) is 10.4 Å². The summed E-state index contributed by atoms with van der Waals surface area (Å²) in [5.74, 6) is -0.111. The summed E-state index contributed by atoms with van der Waals surface area (Å²) in [5, 5.41) is 11.6. The molecule has 0 atom stereocenters. The van der Waals surface area contributed by atoms with E-state index in [4.69, 9.17) is 8.83 Å². The van der Waals surface area contributed by atoms with E-state index >= 15 is 0 Å². The quantitative estimate of drug-likeness (QED) is 0.429. The number of carbonyl (C=O) groups excluding carboxylic acids is 1. The SMILES string of the molecule is O=C(Nc1nnc(-c2ccco2)o1)c1cccc(-c2ccc(F)c3ccccc23)c1. The van der Waals surface area contributed by atoms with Crippen molar-refractivity contribution < 1.29 is 18.0 Å². The molecule has 0 bridgehead atoms. The first-order valence-corrected chi connectivity index (χ1v) is 9.15. The summed E-state index contributed by atoms with van der Waals surface area (Å²) >= 11 is 0. The summed E-state index contributed by atoms with van der Waals surface area (Å²) in [7, 11) is 0. The fourth-order valence-corrected chi connectivity index (χ4v) is 3.28. The van der Waals surface area contributed by atoms with Gasteiger partial charge in [0.25, 0.3) is 11.8 Å². The van der Waals surface area contributed by atoms with Gasteiger partial charge in [0, 0.05) is 10.9 Å². The highest BCUT2D eigenvalue weighted by molar-refractivity contribution is 6.05. The van der Waals surface area contributed by atoms with Gasteiger partial charge in [0.05, 0.1) is 6.26 Å². The third-order valence-corrected chi connectivity index (χ3v) is 4.68. The van der Waals surface area contributed by atoms with Gasteiger partial charge >= 0.3 is 6.01 Å². The first kappa shape index (κ1) is 17.8. The number of furan rings is 1. The molecule has 0 fully saturated rings. The van der Waals surface area contributed by atoms with Crippen molar-refractivity contribution in [3.05, 3.63) is 90.4 Å². The predicted octanol–water partition coefficient (Wildman–Crippen LogP) is 5.54. The molecule has 0 aliphatic rings. The van der Waals surface area contributed by atoms with Crippen LogP contribution in [-0.4, -0.2) is 16.1 Å². The summed E-state index contributed by atoms with van der Waals surface area (Å²) in [6.07, 6.45) is 1.49. The minimum Gasteiger partial charge on any atom is -0.459 e. The largest absolute Gasteiger partial charge is 0.459 e. The maximum Gasteiger partial charge on any atom is 0.322 e. The van der Waals surface area contributed by atoms with Crippen molar-refractivity contribution in [3.8, 4) is 22.8 Å². The van der Waals surface area contributed by atoms with Gasteiger partial charge in [0.1, 0.15) is 5.82 Å². The van der Waals surface area contributed by atoms with Gasteiger partial charge in [-0.2, -0.15) is 0 Å². The molecule has 0 aliphatic heterocycles. The highest BCUT2D eigenvalue weighted by atomic mass is 19.1. The van der Waals surface area contributed by atoms with Crippen LogP contribution in [0.15, 0.2) is 87.9 Å². The molecule has 0 spiro atoms. The molecule has 30 heavy (non-hydrogen) atoms. The number of fused-ring (bicyclic) bond motifs is 1. The van der Waals surface area contributed by atoms with Crippen molar-refractivity contribution in [1.82, 2.24) is 10.2 Å². The van der Waals surface area contributed by atoms with Gasteiger partial charge in [0.15, 0.2) is 5.76 Å². The van der Waals surface area contributed by atoms with Crippen molar-refractivity contribution in [2.45, 2.75) is 0 Å². The summed E-state index contributed by atoms with van der Waals surface area (Å²) in [6.45, 7) is 0. The summed E-state index contributed by atoms with van der Waals surface area (Å²) in [5.41, 5.74) is 2.03. The molecule has 0 unspecified atom stereocenters. The molecular formula is C23H14FN3O3. The maximum absolute atomic E-state index is 14.1. The fraction of sp³-hybridized carbons (Fsp3) is 0. The van der Waals surface area contributed by atoms with Gasteiger partial charge in [-0.15, -0.1) is 5.10 Å². The number of hydrogen-bond acceptors (Lipinski definition) is 5. The monoisotopic (exact) mass is 399 g/mol. The highest BCUT2D eigenvalue weighted by Gasteiger charge is 2.15. The molecule has 3 aromatic carbocycles. The first-order valence-electron chi connectivity index (χ1n) is 9.15. The van der Waals surface area contributed by atoms with Crippen LogP contribution in [0.1, 0.15) is 10.4 Å². The number of nitrogens with zero attached hydrogens (tertiary/aromatic N) is 2. The molecule has 1 N–H and O–H groups in total. The van der Waals surface area contributed by atoms with Gasteiger partial charge in [-0.1, -0.05) is 47.6 Å². The zero-order chi connectivity index (χ0) is 20.5. The van der Waals surface area contributed by atoms with Gasteiger partial charge in [-0.3, -0.25) is 10.1 Å². The number of amides is 1. The first-order chi connectivity index (χ1) is 14.7. The zero-order valence-electron chi connectivity index (χ0n) is 15.5. The van der Waals surface area contributed by atoms with Gasteiger partial charge in [-0.05, 0) is 46.8 Å². The predicted molar refractivity (Wildman–Crippen MR) is 109 cm³/mol. The molecular weight excluding hydrogens is 385 g/mol. The Hall–Kier alpha value is -4.26. The lowest BCUT2D eigenvalue weighted by Gasteiger charge is -2.09. The lowest BCUT2D eigenvalue weighted by molar-refractivity contribution is 0.102. The van der Waals surface area contributed by atoms with E-state index in [1.165, 1.54) is 12.3 Å². The number of rotatable bonds is 4. The number of halogens is 1. The van der Waals surface area contributed by atoms with E-state index in [0.717, 1.165) is 16.5 Å².